The van der Waals surface area contributed by atoms with Gasteiger partial charge in [0.2, 0.25) is 15.9 Å². The number of carbonyl (C=O) groups is 1. The van der Waals surface area contributed by atoms with Gasteiger partial charge in [-0.25, -0.2) is 26.5 Å². The van der Waals surface area contributed by atoms with E-state index in [-0.39, 0.29) is 23.8 Å². The molecule has 0 radical (unpaired) electrons. The van der Waals surface area contributed by atoms with Crippen molar-refractivity contribution in [2.75, 3.05) is 20.6 Å². The third kappa shape index (κ3) is 6.18. The summed E-state index contributed by atoms with van der Waals surface area (Å²) in [5, 5.41) is 2.77. The van der Waals surface area contributed by atoms with E-state index in [0.29, 0.717) is 29.7 Å². The predicted molar refractivity (Wildman–Crippen MR) is 127 cm³/mol. The van der Waals surface area contributed by atoms with Gasteiger partial charge < -0.3 is 9.88 Å². The van der Waals surface area contributed by atoms with Crippen molar-refractivity contribution < 1.29 is 22.0 Å². The number of halogens is 2. The van der Waals surface area contributed by atoms with Gasteiger partial charge in [0.25, 0.3) is 0 Å². The number of aryl methyl sites for hydroxylation is 2. The maximum Gasteiger partial charge on any atom is 0.242 e. The highest BCUT2D eigenvalue weighted by Gasteiger charge is 2.20. The summed E-state index contributed by atoms with van der Waals surface area (Å²) in [6.45, 7) is 3.06. The molecule has 10 heteroatoms. The fourth-order valence-corrected chi connectivity index (χ4v) is 4.62. The van der Waals surface area contributed by atoms with Crippen LogP contribution in [-0.2, 0) is 34.2 Å². The summed E-state index contributed by atoms with van der Waals surface area (Å²) in [6, 6.07) is 8.20. The minimum atomic E-state index is -3.58. The second-order valence-electron chi connectivity index (χ2n) is 8.35. The SMILES string of the molecule is CCCCn1c(CCC(=O)NCCc2cc(F)cc(F)c2)nc2cc(S(=O)(=O)N(C)C)ccc21. The quantitative estimate of drug-likeness (QED) is 0.443. The van der Waals surface area contributed by atoms with Gasteiger partial charge in [-0.2, -0.15) is 0 Å². The minimum absolute atomic E-state index is 0.170. The average molecular weight is 493 g/mol. The van der Waals surface area contributed by atoms with Crippen LogP contribution >= 0.6 is 0 Å². The Morgan fingerprint density at radius 1 is 1.09 bits per heavy atom. The Balaban J connectivity index is 1.70. The predicted octanol–water partition coefficient (Wildman–Crippen LogP) is 3.66. The van der Waals surface area contributed by atoms with Crippen molar-refractivity contribution in [3.63, 3.8) is 0 Å². The lowest BCUT2D eigenvalue weighted by Crippen LogP contribution is -2.26. The van der Waals surface area contributed by atoms with Crippen LogP contribution in [0.3, 0.4) is 0 Å². The van der Waals surface area contributed by atoms with Crippen LogP contribution in [0.25, 0.3) is 11.0 Å². The number of nitrogens with one attached hydrogen (secondary N) is 1. The number of carbonyl (C=O) groups excluding carboxylic acids is 1. The summed E-state index contributed by atoms with van der Waals surface area (Å²) in [6.07, 6.45) is 2.79. The van der Waals surface area contributed by atoms with E-state index in [4.69, 9.17) is 0 Å². The van der Waals surface area contributed by atoms with Crippen molar-refractivity contribution >= 4 is 27.0 Å². The van der Waals surface area contributed by atoms with Crippen molar-refractivity contribution in [3.05, 3.63) is 59.4 Å². The lowest BCUT2D eigenvalue weighted by atomic mass is 10.1. The molecule has 0 saturated heterocycles. The highest BCUT2D eigenvalue weighted by molar-refractivity contribution is 7.89. The molecule has 184 valence electrons. The van der Waals surface area contributed by atoms with E-state index in [2.05, 4.69) is 17.2 Å². The van der Waals surface area contributed by atoms with Crippen molar-refractivity contribution in [1.29, 1.82) is 0 Å². The first-order valence-electron chi connectivity index (χ1n) is 11.2. The number of benzene rings is 2. The summed E-state index contributed by atoms with van der Waals surface area (Å²) >= 11 is 0. The first kappa shape index (κ1) is 25.8. The van der Waals surface area contributed by atoms with Crippen LogP contribution in [0.15, 0.2) is 41.3 Å². The average Bonchev–Trinajstić information content (AvgIpc) is 3.12. The van der Waals surface area contributed by atoms with Crippen LogP contribution in [0, 0.1) is 11.6 Å². The molecule has 1 heterocycles. The number of amides is 1. The number of aromatic nitrogens is 2. The minimum Gasteiger partial charge on any atom is -0.356 e. The number of sulfonamides is 1. The van der Waals surface area contributed by atoms with Crippen molar-refractivity contribution in [2.24, 2.45) is 0 Å². The fraction of sp³-hybridized carbons (Fsp3) is 0.417. The Morgan fingerprint density at radius 2 is 1.79 bits per heavy atom. The van der Waals surface area contributed by atoms with Gasteiger partial charge in [0.05, 0.1) is 15.9 Å². The van der Waals surface area contributed by atoms with Crippen LogP contribution in [0.4, 0.5) is 8.78 Å². The van der Waals surface area contributed by atoms with Gasteiger partial charge in [0, 0.05) is 46.1 Å². The second kappa shape index (κ2) is 11.1. The van der Waals surface area contributed by atoms with Crippen LogP contribution in [0.5, 0.6) is 0 Å². The molecule has 0 atom stereocenters. The molecule has 0 aliphatic carbocycles. The molecule has 0 saturated carbocycles. The van der Waals surface area contributed by atoms with Crippen LogP contribution in [-0.4, -0.2) is 48.8 Å². The topological polar surface area (TPSA) is 84.3 Å². The Labute approximate surface area is 198 Å². The second-order valence-corrected chi connectivity index (χ2v) is 10.5. The Bertz CT molecular complexity index is 1250. The van der Waals surface area contributed by atoms with E-state index in [9.17, 15) is 22.0 Å². The summed E-state index contributed by atoms with van der Waals surface area (Å²) in [4.78, 5) is 17.2. The van der Waals surface area contributed by atoms with E-state index < -0.39 is 21.7 Å². The number of hydrogen-bond donors (Lipinski definition) is 1. The normalized spacial score (nSPS) is 11.9. The number of fused-ring (bicyclic) bond motifs is 1. The Hall–Kier alpha value is -2.85. The van der Waals surface area contributed by atoms with Gasteiger partial charge in [0.1, 0.15) is 17.5 Å². The largest absolute Gasteiger partial charge is 0.356 e. The number of hydrogen-bond acceptors (Lipinski definition) is 4. The van der Waals surface area contributed by atoms with E-state index in [1.165, 1.54) is 26.2 Å². The molecule has 34 heavy (non-hydrogen) atoms. The first-order chi connectivity index (χ1) is 16.1. The maximum absolute atomic E-state index is 13.3. The molecule has 0 aliphatic rings. The van der Waals surface area contributed by atoms with Crippen molar-refractivity contribution in [2.45, 2.75) is 50.5 Å². The van der Waals surface area contributed by atoms with Gasteiger partial charge >= 0.3 is 0 Å². The van der Waals surface area contributed by atoms with Gasteiger partial charge in [-0.1, -0.05) is 13.3 Å². The fourth-order valence-electron chi connectivity index (χ4n) is 3.70. The molecular weight excluding hydrogens is 462 g/mol. The van der Waals surface area contributed by atoms with E-state index in [1.807, 2.05) is 4.57 Å². The molecule has 0 bridgehead atoms. The van der Waals surface area contributed by atoms with Crippen LogP contribution in [0.2, 0.25) is 0 Å². The molecule has 0 aliphatic heterocycles. The summed E-state index contributed by atoms with van der Waals surface area (Å²) < 4.78 is 54.8. The molecule has 0 unspecified atom stereocenters. The van der Waals surface area contributed by atoms with E-state index in [1.54, 1.807) is 18.2 Å². The van der Waals surface area contributed by atoms with Gasteiger partial charge in [-0.3, -0.25) is 4.79 Å². The number of rotatable bonds is 11. The molecule has 1 amide bonds. The zero-order chi connectivity index (χ0) is 24.9. The first-order valence-corrected chi connectivity index (χ1v) is 12.7. The lowest BCUT2D eigenvalue weighted by Gasteiger charge is -2.11. The molecule has 1 N–H and O–H groups in total. The van der Waals surface area contributed by atoms with E-state index >= 15 is 0 Å². The van der Waals surface area contributed by atoms with Crippen LogP contribution < -0.4 is 5.32 Å². The molecule has 0 fully saturated rings. The summed E-state index contributed by atoms with van der Waals surface area (Å²) in [7, 11) is -0.620. The Kier molecular flexibility index (Phi) is 8.37. The van der Waals surface area contributed by atoms with Gasteiger partial charge in [-0.05, 0) is 48.7 Å². The van der Waals surface area contributed by atoms with Crippen LogP contribution in [0.1, 0.15) is 37.6 Å². The molecular formula is C24H30F2N4O3S. The molecule has 1 aromatic heterocycles. The van der Waals surface area contributed by atoms with Crippen molar-refractivity contribution in [1.82, 2.24) is 19.2 Å². The molecule has 0 spiro atoms. The standard InChI is InChI=1S/C24H30F2N4O3S/c1-4-5-12-30-22-7-6-20(34(32,33)29(2)3)16-21(22)28-23(30)8-9-24(31)27-11-10-17-13-18(25)15-19(26)14-17/h6-7,13-16H,4-5,8-12H2,1-3H3,(H,27,31). The van der Waals surface area contributed by atoms with E-state index in [0.717, 1.165) is 35.3 Å². The highest BCUT2D eigenvalue weighted by Crippen LogP contribution is 2.23. The smallest absolute Gasteiger partial charge is 0.242 e. The zero-order valence-electron chi connectivity index (χ0n) is 19.6. The molecule has 7 nitrogen and oxygen atoms in total. The monoisotopic (exact) mass is 492 g/mol. The zero-order valence-corrected chi connectivity index (χ0v) is 20.5. The van der Waals surface area contributed by atoms with Crippen molar-refractivity contribution in [3.8, 4) is 0 Å². The molecule has 3 aromatic rings. The Morgan fingerprint density at radius 3 is 2.44 bits per heavy atom. The highest BCUT2D eigenvalue weighted by atomic mass is 32.2. The third-order valence-electron chi connectivity index (χ3n) is 5.55. The molecule has 3 rings (SSSR count). The van der Waals surface area contributed by atoms with Gasteiger partial charge in [0.15, 0.2) is 0 Å². The number of imidazole rings is 1. The summed E-state index contributed by atoms with van der Waals surface area (Å²) in [5.74, 6) is -0.769. The summed E-state index contributed by atoms with van der Waals surface area (Å²) in [5.41, 5.74) is 1.87. The number of unbranched alkanes of at least 4 members (excludes halogenated alkanes) is 1. The maximum atomic E-state index is 13.3. The third-order valence-corrected chi connectivity index (χ3v) is 7.36. The molecule has 2 aromatic carbocycles. The van der Waals surface area contributed by atoms with Gasteiger partial charge in [-0.15, -0.1) is 0 Å². The number of nitrogens with zero attached hydrogens (tertiary/aromatic N) is 3. The lowest BCUT2D eigenvalue weighted by molar-refractivity contribution is -0.121.